The molecular weight excluding hydrogens is 204 g/mol. The molecule has 2 atom stereocenters. The van der Waals surface area contributed by atoms with Gasteiger partial charge in [0, 0.05) is 23.5 Å². The molecule has 0 amide bonds. The van der Waals surface area contributed by atoms with E-state index < -0.39 is 0 Å². The van der Waals surface area contributed by atoms with Gasteiger partial charge in [0.2, 0.25) is 0 Å². The fourth-order valence-electron chi connectivity index (χ4n) is 1.87. The number of rotatable bonds is 6. The molecule has 1 heterocycles. The maximum atomic E-state index is 5.81. The fourth-order valence-corrected chi connectivity index (χ4v) is 2.70. The van der Waals surface area contributed by atoms with Gasteiger partial charge < -0.3 is 5.73 Å². The first-order valence-corrected chi connectivity index (χ1v) is 6.54. The van der Waals surface area contributed by atoms with Crippen molar-refractivity contribution in [2.75, 3.05) is 13.6 Å². The fraction of sp³-hybridized carbons (Fsp3) is 0.667. The summed E-state index contributed by atoms with van der Waals surface area (Å²) in [4.78, 5) is 3.82. The minimum absolute atomic E-state index is 0.477. The number of likely N-dealkylation sites (N-methyl/N-ethyl adjacent to an activating group) is 1. The Kier molecular flexibility index (Phi) is 5.29. The van der Waals surface area contributed by atoms with E-state index in [1.165, 1.54) is 17.7 Å². The Labute approximate surface area is 97.1 Å². The third kappa shape index (κ3) is 3.30. The first kappa shape index (κ1) is 12.7. The van der Waals surface area contributed by atoms with Crippen LogP contribution >= 0.6 is 11.3 Å². The van der Waals surface area contributed by atoms with Gasteiger partial charge in [-0.15, -0.1) is 11.3 Å². The van der Waals surface area contributed by atoms with Crippen molar-refractivity contribution in [3.63, 3.8) is 0 Å². The standard InChI is InChI=1S/C12H22N2S/c1-4-6-11(9-13)14(3)10(2)12-7-5-8-15-12/h5,7-8,10-11H,4,6,9,13H2,1-3H3. The van der Waals surface area contributed by atoms with E-state index in [0.29, 0.717) is 12.1 Å². The molecule has 0 fully saturated rings. The predicted molar refractivity (Wildman–Crippen MR) is 68.2 cm³/mol. The van der Waals surface area contributed by atoms with E-state index in [0.717, 1.165) is 6.54 Å². The molecule has 1 aromatic rings. The van der Waals surface area contributed by atoms with E-state index in [1.54, 1.807) is 0 Å². The molecule has 1 aromatic heterocycles. The first-order valence-electron chi connectivity index (χ1n) is 5.66. The Bertz CT molecular complexity index is 259. The van der Waals surface area contributed by atoms with E-state index in [1.807, 2.05) is 11.3 Å². The number of nitrogens with two attached hydrogens (primary N) is 1. The normalized spacial score (nSPS) is 15.5. The maximum absolute atomic E-state index is 5.81. The van der Waals surface area contributed by atoms with Gasteiger partial charge in [-0.2, -0.15) is 0 Å². The zero-order valence-corrected chi connectivity index (χ0v) is 10.8. The molecule has 0 spiro atoms. The Morgan fingerprint density at radius 3 is 2.73 bits per heavy atom. The Balaban J connectivity index is 2.61. The molecule has 1 rings (SSSR count). The van der Waals surface area contributed by atoms with Gasteiger partial charge in [-0.25, -0.2) is 0 Å². The molecule has 2 N–H and O–H groups in total. The lowest BCUT2D eigenvalue weighted by Crippen LogP contribution is -2.39. The van der Waals surface area contributed by atoms with Crippen LogP contribution < -0.4 is 5.73 Å². The highest BCUT2D eigenvalue weighted by atomic mass is 32.1. The Morgan fingerprint density at radius 1 is 1.53 bits per heavy atom. The molecule has 0 bridgehead atoms. The van der Waals surface area contributed by atoms with Crippen LogP contribution in [0.3, 0.4) is 0 Å². The van der Waals surface area contributed by atoms with Gasteiger partial charge in [0.05, 0.1) is 0 Å². The van der Waals surface area contributed by atoms with E-state index in [2.05, 4.69) is 43.3 Å². The molecule has 2 unspecified atom stereocenters. The third-order valence-corrected chi connectivity index (χ3v) is 4.08. The van der Waals surface area contributed by atoms with Crippen LogP contribution in [0.15, 0.2) is 17.5 Å². The Hall–Kier alpha value is -0.380. The van der Waals surface area contributed by atoms with Crippen molar-refractivity contribution < 1.29 is 0 Å². The Morgan fingerprint density at radius 2 is 2.27 bits per heavy atom. The van der Waals surface area contributed by atoms with E-state index >= 15 is 0 Å². The van der Waals surface area contributed by atoms with E-state index in [-0.39, 0.29) is 0 Å². The van der Waals surface area contributed by atoms with Gasteiger partial charge >= 0.3 is 0 Å². The van der Waals surface area contributed by atoms with Crippen LogP contribution in [-0.4, -0.2) is 24.5 Å². The first-order chi connectivity index (χ1) is 7.20. The van der Waals surface area contributed by atoms with Crippen LogP contribution in [0.4, 0.5) is 0 Å². The molecule has 0 aliphatic rings. The lowest BCUT2D eigenvalue weighted by Gasteiger charge is -2.31. The highest BCUT2D eigenvalue weighted by molar-refractivity contribution is 7.10. The molecule has 0 aliphatic heterocycles. The smallest absolute Gasteiger partial charge is 0.0413 e. The maximum Gasteiger partial charge on any atom is 0.0413 e. The molecule has 2 nitrogen and oxygen atoms in total. The van der Waals surface area contributed by atoms with Crippen molar-refractivity contribution >= 4 is 11.3 Å². The highest BCUT2D eigenvalue weighted by Gasteiger charge is 2.19. The molecule has 86 valence electrons. The summed E-state index contributed by atoms with van der Waals surface area (Å²) in [5, 5.41) is 2.14. The summed E-state index contributed by atoms with van der Waals surface area (Å²) in [5.41, 5.74) is 5.81. The van der Waals surface area contributed by atoms with Crippen molar-refractivity contribution in [3.8, 4) is 0 Å². The molecule has 3 heteroatoms. The van der Waals surface area contributed by atoms with Gasteiger partial charge in [-0.3, -0.25) is 4.90 Å². The number of hydrogen-bond acceptors (Lipinski definition) is 3. The summed E-state index contributed by atoms with van der Waals surface area (Å²) in [6.45, 7) is 5.22. The molecule has 0 saturated heterocycles. The summed E-state index contributed by atoms with van der Waals surface area (Å²) in [6, 6.07) is 5.30. The van der Waals surface area contributed by atoms with Crippen LogP contribution in [0.5, 0.6) is 0 Å². The largest absolute Gasteiger partial charge is 0.329 e. The van der Waals surface area contributed by atoms with Crippen LogP contribution in [0, 0.1) is 0 Å². The molecular formula is C12H22N2S. The summed E-state index contributed by atoms with van der Waals surface area (Å²) < 4.78 is 0. The number of hydrogen-bond donors (Lipinski definition) is 1. The van der Waals surface area contributed by atoms with Gasteiger partial charge in [-0.05, 0) is 31.8 Å². The number of nitrogens with zero attached hydrogens (tertiary/aromatic N) is 1. The van der Waals surface area contributed by atoms with Gasteiger partial charge in [-0.1, -0.05) is 19.4 Å². The van der Waals surface area contributed by atoms with Gasteiger partial charge in [0.25, 0.3) is 0 Å². The monoisotopic (exact) mass is 226 g/mol. The summed E-state index contributed by atoms with van der Waals surface area (Å²) in [6.07, 6.45) is 2.38. The molecule has 15 heavy (non-hydrogen) atoms. The zero-order valence-electron chi connectivity index (χ0n) is 9.94. The van der Waals surface area contributed by atoms with Crippen molar-refractivity contribution in [2.24, 2.45) is 5.73 Å². The quantitative estimate of drug-likeness (QED) is 0.808. The van der Waals surface area contributed by atoms with Crippen LogP contribution in [-0.2, 0) is 0 Å². The molecule has 0 aromatic carbocycles. The topological polar surface area (TPSA) is 29.3 Å². The minimum atomic E-state index is 0.477. The lowest BCUT2D eigenvalue weighted by molar-refractivity contribution is 0.181. The second kappa shape index (κ2) is 6.26. The van der Waals surface area contributed by atoms with E-state index in [4.69, 9.17) is 5.73 Å². The zero-order chi connectivity index (χ0) is 11.3. The van der Waals surface area contributed by atoms with Crippen LogP contribution in [0.1, 0.15) is 37.6 Å². The molecule has 0 saturated carbocycles. The van der Waals surface area contributed by atoms with E-state index in [9.17, 15) is 0 Å². The predicted octanol–water partition coefficient (Wildman–Crippen LogP) is 2.87. The van der Waals surface area contributed by atoms with Crippen LogP contribution in [0.2, 0.25) is 0 Å². The van der Waals surface area contributed by atoms with Crippen molar-refractivity contribution in [1.29, 1.82) is 0 Å². The van der Waals surface area contributed by atoms with Gasteiger partial charge in [0.1, 0.15) is 0 Å². The second-order valence-electron chi connectivity index (χ2n) is 4.04. The lowest BCUT2D eigenvalue weighted by atomic mass is 10.1. The number of thiophene rings is 1. The minimum Gasteiger partial charge on any atom is -0.329 e. The van der Waals surface area contributed by atoms with Gasteiger partial charge in [0.15, 0.2) is 0 Å². The summed E-state index contributed by atoms with van der Waals surface area (Å²) in [7, 11) is 2.18. The van der Waals surface area contributed by atoms with Crippen molar-refractivity contribution in [2.45, 2.75) is 38.8 Å². The average molecular weight is 226 g/mol. The van der Waals surface area contributed by atoms with Crippen LogP contribution in [0.25, 0.3) is 0 Å². The molecule has 0 radical (unpaired) electrons. The summed E-state index contributed by atoms with van der Waals surface area (Å²) >= 11 is 1.82. The molecule has 0 aliphatic carbocycles. The van der Waals surface area contributed by atoms with Crippen molar-refractivity contribution in [3.05, 3.63) is 22.4 Å². The summed E-state index contributed by atoms with van der Waals surface area (Å²) in [5.74, 6) is 0. The average Bonchev–Trinajstić information content (AvgIpc) is 2.77. The third-order valence-electron chi connectivity index (χ3n) is 3.04. The second-order valence-corrected chi connectivity index (χ2v) is 5.01. The SMILES string of the molecule is CCCC(CN)N(C)C(C)c1cccs1. The highest BCUT2D eigenvalue weighted by Crippen LogP contribution is 2.25. The van der Waals surface area contributed by atoms with Crippen molar-refractivity contribution in [1.82, 2.24) is 4.90 Å².